The maximum absolute atomic E-state index is 12.4. The summed E-state index contributed by atoms with van der Waals surface area (Å²) < 4.78 is 11.3. The van der Waals surface area contributed by atoms with Gasteiger partial charge in [0.1, 0.15) is 5.75 Å². The van der Waals surface area contributed by atoms with Gasteiger partial charge in [-0.15, -0.1) is 0 Å². The van der Waals surface area contributed by atoms with Crippen molar-refractivity contribution in [3.63, 3.8) is 0 Å². The fourth-order valence-corrected chi connectivity index (χ4v) is 3.72. The van der Waals surface area contributed by atoms with Crippen molar-refractivity contribution in [1.82, 2.24) is 0 Å². The molecular formula is C22H23BrN2O5. The number of hydrogen-bond acceptors (Lipinski definition) is 5. The fourth-order valence-electron chi connectivity index (χ4n) is 3.31. The SMILES string of the molecule is CCc1cc(Br)ccc1NC(=O)COC(=O)[C@@H]1CC(=O)N(c2cccc(OC)c2)C1. The minimum absolute atomic E-state index is 0.0460. The van der Waals surface area contributed by atoms with Crippen LogP contribution in [-0.2, 0) is 25.5 Å². The van der Waals surface area contributed by atoms with E-state index in [0.717, 1.165) is 16.5 Å². The second-order valence-electron chi connectivity index (χ2n) is 6.92. The third-order valence-electron chi connectivity index (χ3n) is 4.89. The Balaban J connectivity index is 1.55. The molecule has 3 rings (SSSR count). The molecule has 0 radical (unpaired) electrons. The lowest BCUT2D eigenvalue weighted by Gasteiger charge is -2.17. The zero-order valence-electron chi connectivity index (χ0n) is 16.8. The molecule has 0 aliphatic carbocycles. The number of aryl methyl sites for hydroxylation is 1. The Morgan fingerprint density at radius 2 is 2.03 bits per heavy atom. The number of carbonyl (C=O) groups is 3. The third-order valence-corrected chi connectivity index (χ3v) is 5.38. The Bertz CT molecular complexity index is 962. The topological polar surface area (TPSA) is 84.9 Å². The van der Waals surface area contributed by atoms with Crippen molar-refractivity contribution in [1.29, 1.82) is 0 Å². The van der Waals surface area contributed by atoms with Crippen LogP contribution >= 0.6 is 15.9 Å². The monoisotopic (exact) mass is 474 g/mol. The quantitative estimate of drug-likeness (QED) is 0.620. The Hall–Kier alpha value is -2.87. The number of anilines is 2. The molecule has 0 saturated carbocycles. The summed E-state index contributed by atoms with van der Waals surface area (Å²) in [5.41, 5.74) is 2.32. The maximum atomic E-state index is 12.4. The molecule has 1 atom stereocenters. The highest BCUT2D eigenvalue weighted by Gasteiger charge is 2.36. The van der Waals surface area contributed by atoms with Crippen LogP contribution in [0, 0.1) is 5.92 Å². The zero-order chi connectivity index (χ0) is 21.7. The Kier molecular flexibility index (Phi) is 7.10. The number of esters is 1. The average Bonchev–Trinajstić information content (AvgIpc) is 3.15. The number of nitrogens with zero attached hydrogens (tertiary/aromatic N) is 1. The number of amides is 2. The first kappa shape index (κ1) is 21.8. The summed E-state index contributed by atoms with van der Waals surface area (Å²) in [4.78, 5) is 38.5. The van der Waals surface area contributed by atoms with E-state index in [9.17, 15) is 14.4 Å². The van der Waals surface area contributed by atoms with Crippen molar-refractivity contribution >= 4 is 45.1 Å². The van der Waals surface area contributed by atoms with Crippen molar-refractivity contribution < 1.29 is 23.9 Å². The van der Waals surface area contributed by atoms with Gasteiger partial charge in [0.15, 0.2) is 6.61 Å². The summed E-state index contributed by atoms with van der Waals surface area (Å²) in [6.07, 6.45) is 0.795. The van der Waals surface area contributed by atoms with E-state index in [0.29, 0.717) is 17.1 Å². The lowest BCUT2D eigenvalue weighted by atomic mass is 10.1. The van der Waals surface area contributed by atoms with Crippen LogP contribution < -0.4 is 15.0 Å². The molecule has 1 aliphatic rings. The highest BCUT2D eigenvalue weighted by atomic mass is 79.9. The van der Waals surface area contributed by atoms with Gasteiger partial charge in [-0.1, -0.05) is 28.9 Å². The van der Waals surface area contributed by atoms with E-state index < -0.39 is 24.4 Å². The zero-order valence-corrected chi connectivity index (χ0v) is 18.4. The molecule has 0 spiro atoms. The van der Waals surface area contributed by atoms with E-state index in [-0.39, 0.29) is 18.9 Å². The highest BCUT2D eigenvalue weighted by Crippen LogP contribution is 2.28. The van der Waals surface area contributed by atoms with Crippen LogP contribution in [0.25, 0.3) is 0 Å². The van der Waals surface area contributed by atoms with Crippen LogP contribution in [-0.4, -0.2) is 38.0 Å². The molecule has 1 fully saturated rings. The predicted molar refractivity (Wildman–Crippen MR) is 117 cm³/mol. The van der Waals surface area contributed by atoms with Crippen LogP contribution in [0.5, 0.6) is 5.75 Å². The number of methoxy groups -OCH3 is 1. The molecule has 30 heavy (non-hydrogen) atoms. The minimum atomic E-state index is -0.615. The van der Waals surface area contributed by atoms with Crippen molar-refractivity contribution in [2.24, 2.45) is 5.92 Å². The van der Waals surface area contributed by atoms with Crippen LogP contribution in [0.3, 0.4) is 0 Å². The molecule has 2 amide bonds. The second kappa shape index (κ2) is 9.75. The van der Waals surface area contributed by atoms with E-state index >= 15 is 0 Å². The summed E-state index contributed by atoms with van der Waals surface area (Å²) in [6, 6.07) is 12.6. The van der Waals surface area contributed by atoms with Crippen LogP contribution in [0.2, 0.25) is 0 Å². The Morgan fingerprint density at radius 1 is 1.23 bits per heavy atom. The molecular weight excluding hydrogens is 452 g/mol. The molecule has 0 unspecified atom stereocenters. The van der Waals surface area contributed by atoms with Gasteiger partial charge in [-0.25, -0.2) is 0 Å². The lowest BCUT2D eigenvalue weighted by molar-refractivity contribution is -0.151. The fraction of sp³-hybridized carbons (Fsp3) is 0.318. The second-order valence-corrected chi connectivity index (χ2v) is 7.83. The first-order valence-electron chi connectivity index (χ1n) is 9.60. The van der Waals surface area contributed by atoms with Crippen LogP contribution in [0.15, 0.2) is 46.9 Å². The normalized spacial score (nSPS) is 15.8. The van der Waals surface area contributed by atoms with Crippen molar-refractivity contribution in [3.8, 4) is 5.75 Å². The summed E-state index contributed by atoms with van der Waals surface area (Å²) in [5.74, 6) is -1.14. The van der Waals surface area contributed by atoms with Gasteiger partial charge < -0.3 is 19.7 Å². The van der Waals surface area contributed by atoms with Gasteiger partial charge in [-0.3, -0.25) is 14.4 Å². The van der Waals surface area contributed by atoms with E-state index in [1.54, 1.807) is 37.4 Å². The first-order valence-corrected chi connectivity index (χ1v) is 10.4. The largest absolute Gasteiger partial charge is 0.497 e. The van der Waals surface area contributed by atoms with Crippen molar-refractivity contribution in [3.05, 3.63) is 52.5 Å². The number of benzene rings is 2. The van der Waals surface area contributed by atoms with Crippen molar-refractivity contribution in [2.45, 2.75) is 19.8 Å². The smallest absolute Gasteiger partial charge is 0.311 e. The molecule has 1 N–H and O–H groups in total. The van der Waals surface area contributed by atoms with E-state index in [2.05, 4.69) is 21.2 Å². The molecule has 1 saturated heterocycles. The third kappa shape index (κ3) is 5.18. The Morgan fingerprint density at radius 3 is 2.77 bits per heavy atom. The first-order chi connectivity index (χ1) is 14.4. The molecule has 158 valence electrons. The predicted octanol–water partition coefficient (Wildman–Crippen LogP) is 3.55. The standard InChI is InChI=1S/C22H23BrN2O5/c1-3-14-9-16(23)7-8-19(14)24-20(26)13-30-22(28)15-10-21(27)25(12-15)17-5-4-6-18(11-17)29-2/h4-9,11,15H,3,10,12-13H2,1-2H3,(H,24,26)/t15-/m1/s1. The van der Waals surface area contributed by atoms with Gasteiger partial charge in [0.05, 0.1) is 13.0 Å². The van der Waals surface area contributed by atoms with E-state index in [1.165, 1.54) is 4.90 Å². The molecule has 2 aromatic carbocycles. The van der Waals surface area contributed by atoms with Gasteiger partial charge in [0.25, 0.3) is 5.91 Å². The summed E-state index contributed by atoms with van der Waals surface area (Å²) in [5, 5.41) is 2.76. The van der Waals surface area contributed by atoms with Crippen LogP contribution in [0.1, 0.15) is 18.9 Å². The number of ether oxygens (including phenoxy) is 2. The lowest BCUT2D eigenvalue weighted by Crippen LogP contribution is -2.28. The number of halogens is 1. The van der Waals surface area contributed by atoms with Gasteiger partial charge in [-0.2, -0.15) is 0 Å². The Labute approximate surface area is 183 Å². The molecule has 7 nitrogen and oxygen atoms in total. The van der Waals surface area contributed by atoms with Gasteiger partial charge in [-0.05, 0) is 42.3 Å². The number of carbonyl (C=O) groups excluding carboxylic acids is 3. The molecule has 0 aromatic heterocycles. The van der Waals surface area contributed by atoms with Gasteiger partial charge in [0, 0.05) is 34.9 Å². The summed E-state index contributed by atoms with van der Waals surface area (Å²) >= 11 is 3.40. The van der Waals surface area contributed by atoms with Gasteiger partial charge in [0.2, 0.25) is 5.91 Å². The molecule has 1 heterocycles. The van der Waals surface area contributed by atoms with E-state index in [1.807, 2.05) is 19.1 Å². The molecule has 8 heteroatoms. The van der Waals surface area contributed by atoms with Crippen LogP contribution in [0.4, 0.5) is 11.4 Å². The highest BCUT2D eigenvalue weighted by molar-refractivity contribution is 9.10. The molecule has 0 bridgehead atoms. The van der Waals surface area contributed by atoms with E-state index in [4.69, 9.17) is 9.47 Å². The summed E-state index contributed by atoms with van der Waals surface area (Å²) in [7, 11) is 1.55. The van der Waals surface area contributed by atoms with Crippen molar-refractivity contribution in [2.75, 3.05) is 30.5 Å². The minimum Gasteiger partial charge on any atom is -0.497 e. The number of nitrogens with one attached hydrogen (secondary N) is 1. The number of hydrogen-bond donors (Lipinski definition) is 1. The molecule has 1 aliphatic heterocycles. The molecule has 2 aromatic rings. The number of rotatable bonds is 7. The average molecular weight is 475 g/mol. The summed E-state index contributed by atoms with van der Waals surface area (Å²) in [6.45, 7) is 1.80. The maximum Gasteiger partial charge on any atom is 0.311 e. The van der Waals surface area contributed by atoms with Gasteiger partial charge >= 0.3 is 5.97 Å².